The summed E-state index contributed by atoms with van der Waals surface area (Å²) in [7, 11) is 1.30. The van der Waals surface area contributed by atoms with Gasteiger partial charge in [0.1, 0.15) is 0 Å². The van der Waals surface area contributed by atoms with E-state index in [2.05, 4.69) is 10.6 Å². The van der Waals surface area contributed by atoms with E-state index in [1.807, 2.05) is 6.92 Å². The Morgan fingerprint density at radius 2 is 2.24 bits per heavy atom. The zero-order valence-corrected chi connectivity index (χ0v) is 12.9. The number of carbonyl (C=O) groups is 2. The van der Waals surface area contributed by atoms with Crippen LogP contribution in [0.4, 0.5) is 5.69 Å². The molecule has 0 saturated carbocycles. The summed E-state index contributed by atoms with van der Waals surface area (Å²) in [4.78, 5) is 24.4. The number of anilines is 1. The molecule has 1 amide bonds. The molecule has 1 atom stereocenters. The lowest BCUT2D eigenvalue weighted by Crippen LogP contribution is -2.38. The largest absolute Gasteiger partial charge is 0.465 e. The summed E-state index contributed by atoms with van der Waals surface area (Å²) in [6.07, 6.45) is 1.52. The van der Waals surface area contributed by atoms with Gasteiger partial charge in [0.15, 0.2) is 0 Å². The molecule has 21 heavy (non-hydrogen) atoms. The number of esters is 1. The van der Waals surface area contributed by atoms with E-state index in [1.165, 1.54) is 7.11 Å². The van der Waals surface area contributed by atoms with Crippen LogP contribution in [-0.2, 0) is 9.53 Å². The maximum atomic E-state index is 12.6. The van der Waals surface area contributed by atoms with Crippen molar-refractivity contribution >= 4 is 29.2 Å². The van der Waals surface area contributed by atoms with Gasteiger partial charge in [0.05, 0.1) is 23.8 Å². The van der Waals surface area contributed by atoms with Crippen molar-refractivity contribution in [3.05, 3.63) is 28.8 Å². The fraction of sp³-hybridized carbons (Fsp3) is 0.467. The smallest absolute Gasteiger partial charge is 0.339 e. The third kappa shape index (κ3) is 3.19. The minimum atomic E-state index is -0.503. The van der Waals surface area contributed by atoms with Crippen LogP contribution in [0.5, 0.6) is 0 Å². The Kier molecular flexibility index (Phi) is 4.85. The van der Waals surface area contributed by atoms with Gasteiger partial charge in [-0.1, -0.05) is 18.5 Å². The number of rotatable bonds is 4. The van der Waals surface area contributed by atoms with Crippen LogP contribution < -0.4 is 10.6 Å². The average Bonchev–Trinajstić information content (AvgIpc) is 2.97. The number of methoxy groups -OCH3 is 1. The molecule has 114 valence electrons. The number of halogens is 1. The number of ether oxygens (including phenoxy) is 1. The highest BCUT2D eigenvalue weighted by Gasteiger charge is 2.39. The summed E-state index contributed by atoms with van der Waals surface area (Å²) in [6.45, 7) is 3.45. The standard InChI is InChI=1S/C15H19ClN2O3/c1-3-15(6-7-17-9-15)14(20)18-12-8-10(16)4-5-11(12)13(19)21-2/h4-5,8,17H,3,6-7,9H2,1-2H3,(H,18,20). The summed E-state index contributed by atoms with van der Waals surface area (Å²) in [5.41, 5.74) is 0.252. The Hall–Kier alpha value is -1.59. The number of hydrogen-bond acceptors (Lipinski definition) is 4. The van der Waals surface area contributed by atoms with Gasteiger partial charge in [0.25, 0.3) is 0 Å². The van der Waals surface area contributed by atoms with Gasteiger partial charge in [-0.15, -0.1) is 0 Å². The van der Waals surface area contributed by atoms with Crippen molar-refractivity contribution in [2.75, 3.05) is 25.5 Å². The lowest BCUT2D eigenvalue weighted by Gasteiger charge is -2.25. The Morgan fingerprint density at radius 3 is 2.81 bits per heavy atom. The first-order chi connectivity index (χ1) is 10.0. The fourth-order valence-electron chi connectivity index (χ4n) is 2.56. The summed E-state index contributed by atoms with van der Waals surface area (Å²) in [5.74, 6) is -0.598. The molecule has 0 aromatic heterocycles. The molecule has 5 nitrogen and oxygen atoms in total. The summed E-state index contributed by atoms with van der Waals surface area (Å²) in [6, 6.07) is 4.71. The van der Waals surface area contributed by atoms with Gasteiger partial charge in [-0.05, 0) is 37.6 Å². The SMILES string of the molecule is CCC1(C(=O)Nc2cc(Cl)ccc2C(=O)OC)CCNC1. The van der Waals surface area contributed by atoms with Crippen LogP contribution in [0.25, 0.3) is 0 Å². The first-order valence-electron chi connectivity index (χ1n) is 6.92. The van der Waals surface area contributed by atoms with Gasteiger partial charge in [-0.25, -0.2) is 4.79 Å². The highest BCUT2D eigenvalue weighted by Crippen LogP contribution is 2.32. The van der Waals surface area contributed by atoms with Crippen LogP contribution in [0.2, 0.25) is 5.02 Å². The van der Waals surface area contributed by atoms with E-state index in [0.29, 0.717) is 22.8 Å². The van der Waals surface area contributed by atoms with Crippen LogP contribution in [0, 0.1) is 5.41 Å². The highest BCUT2D eigenvalue weighted by atomic mass is 35.5. The highest BCUT2D eigenvalue weighted by molar-refractivity contribution is 6.31. The first-order valence-corrected chi connectivity index (χ1v) is 7.30. The zero-order valence-electron chi connectivity index (χ0n) is 12.2. The molecule has 0 bridgehead atoms. The first kappa shape index (κ1) is 15.8. The number of carbonyl (C=O) groups excluding carboxylic acids is 2. The van der Waals surface area contributed by atoms with Gasteiger partial charge in [0, 0.05) is 11.6 Å². The van der Waals surface area contributed by atoms with Gasteiger partial charge in [0.2, 0.25) is 5.91 Å². The fourth-order valence-corrected chi connectivity index (χ4v) is 2.73. The van der Waals surface area contributed by atoms with Crippen molar-refractivity contribution in [1.29, 1.82) is 0 Å². The molecule has 0 radical (unpaired) electrons. The van der Waals surface area contributed by atoms with E-state index in [-0.39, 0.29) is 5.91 Å². The summed E-state index contributed by atoms with van der Waals surface area (Å²) in [5, 5.41) is 6.50. The Bertz CT molecular complexity index is 554. The van der Waals surface area contributed by atoms with E-state index < -0.39 is 11.4 Å². The number of amides is 1. The molecule has 1 fully saturated rings. The van der Waals surface area contributed by atoms with E-state index in [9.17, 15) is 9.59 Å². The van der Waals surface area contributed by atoms with Crippen molar-refractivity contribution in [3.8, 4) is 0 Å². The van der Waals surface area contributed by atoms with Crippen molar-refractivity contribution in [2.45, 2.75) is 19.8 Å². The Labute approximate surface area is 129 Å². The topological polar surface area (TPSA) is 67.4 Å². The molecule has 1 aliphatic rings. The molecule has 1 aromatic carbocycles. The predicted octanol–water partition coefficient (Wildman–Crippen LogP) is 2.45. The Balaban J connectivity index is 2.28. The summed E-state index contributed by atoms with van der Waals surface area (Å²) >= 11 is 5.96. The van der Waals surface area contributed by atoms with E-state index in [1.54, 1.807) is 18.2 Å². The molecule has 0 spiro atoms. The van der Waals surface area contributed by atoms with Crippen LogP contribution >= 0.6 is 11.6 Å². The predicted molar refractivity (Wildman–Crippen MR) is 81.6 cm³/mol. The van der Waals surface area contributed by atoms with Crippen molar-refractivity contribution in [1.82, 2.24) is 5.32 Å². The van der Waals surface area contributed by atoms with Crippen LogP contribution in [0.15, 0.2) is 18.2 Å². The second-order valence-electron chi connectivity index (χ2n) is 5.20. The second kappa shape index (κ2) is 6.45. The number of nitrogens with one attached hydrogen (secondary N) is 2. The van der Waals surface area contributed by atoms with Gasteiger partial charge in [-0.2, -0.15) is 0 Å². The monoisotopic (exact) mass is 310 g/mol. The molecular weight excluding hydrogens is 292 g/mol. The molecule has 1 heterocycles. The number of benzene rings is 1. The molecule has 1 aromatic rings. The molecule has 0 aliphatic carbocycles. The lowest BCUT2D eigenvalue weighted by molar-refractivity contribution is -0.124. The molecule has 2 rings (SSSR count). The minimum absolute atomic E-state index is 0.0950. The van der Waals surface area contributed by atoms with Crippen molar-refractivity contribution in [3.63, 3.8) is 0 Å². The maximum Gasteiger partial charge on any atom is 0.339 e. The van der Waals surface area contributed by atoms with Gasteiger partial charge < -0.3 is 15.4 Å². The van der Waals surface area contributed by atoms with Crippen LogP contribution in [-0.4, -0.2) is 32.1 Å². The summed E-state index contributed by atoms with van der Waals surface area (Å²) < 4.78 is 4.73. The van der Waals surface area contributed by atoms with Crippen molar-refractivity contribution in [2.24, 2.45) is 5.41 Å². The van der Waals surface area contributed by atoms with Crippen LogP contribution in [0.1, 0.15) is 30.1 Å². The lowest BCUT2D eigenvalue weighted by atomic mass is 9.83. The average molecular weight is 311 g/mol. The zero-order chi connectivity index (χ0) is 15.5. The molecule has 1 unspecified atom stereocenters. The normalized spacial score (nSPS) is 21.1. The molecule has 2 N–H and O–H groups in total. The second-order valence-corrected chi connectivity index (χ2v) is 5.63. The maximum absolute atomic E-state index is 12.6. The van der Waals surface area contributed by atoms with E-state index in [0.717, 1.165) is 19.4 Å². The quantitative estimate of drug-likeness (QED) is 0.838. The molecular formula is C15H19ClN2O3. The number of hydrogen-bond donors (Lipinski definition) is 2. The van der Waals surface area contributed by atoms with E-state index in [4.69, 9.17) is 16.3 Å². The van der Waals surface area contributed by atoms with Gasteiger partial charge in [-0.3, -0.25) is 4.79 Å². The molecule has 6 heteroatoms. The minimum Gasteiger partial charge on any atom is -0.465 e. The van der Waals surface area contributed by atoms with Gasteiger partial charge >= 0.3 is 5.97 Å². The Morgan fingerprint density at radius 1 is 1.48 bits per heavy atom. The molecule has 1 aliphatic heterocycles. The van der Waals surface area contributed by atoms with Crippen LogP contribution in [0.3, 0.4) is 0 Å². The van der Waals surface area contributed by atoms with Crippen molar-refractivity contribution < 1.29 is 14.3 Å². The van der Waals surface area contributed by atoms with E-state index >= 15 is 0 Å². The molecule has 1 saturated heterocycles. The third-order valence-corrected chi connectivity index (χ3v) is 4.27. The third-order valence-electron chi connectivity index (χ3n) is 4.04.